The van der Waals surface area contributed by atoms with E-state index in [2.05, 4.69) is 14.2 Å². The van der Waals surface area contributed by atoms with E-state index in [1.54, 1.807) is 0 Å². The Hall–Kier alpha value is 1.46. The Morgan fingerprint density at radius 3 is 2.62 bits per heavy atom. The standard InChI is InChI=1S/Cl2HN3P3/c1-7-3-6-4-8(2)5-7/h(H,3,4). The Bertz CT molecular complexity index is 105. The van der Waals surface area contributed by atoms with Crippen LogP contribution in [-0.2, 0) is 0 Å². The second-order valence-electron chi connectivity index (χ2n) is 0.880. The van der Waals surface area contributed by atoms with Crippen molar-refractivity contribution in [3.8, 4) is 0 Å². The maximum Gasteiger partial charge on any atom is 0.214 e. The fourth-order valence-corrected chi connectivity index (χ4v) is 4.92. The second kappa shape index (κ2) is 3.58. The van der Waals surface area contributed by atoms with Crippen molar-refractivity contribution < 1.29 is 0 Å². The molecule has 1 aliphatic heterocycles. The Kier molecular flexibility index (Phi) is 3.39. The summed E-state index contributed by atoms with van der Waals surface area (Å²) < 4.78 is 3.84. The molecule has 0 bridgehead atoms. The summed E-state index contributed by atoms with van der Waals surface area (Å²) in [5.41, 5.74) is 0. The van der Waals surface area contributed by atoms with Crippen LogP contribution < -0.4 is 9.72 Å². The summed E-state index contributed by atoms with van der Waals surface area (Å²) in [7, 11) is -1.12. The Labute approximate surface area is 60.8 Å². The first-order valence-corrected chi connectivity index (χ1v) is 6.78. The molecule has 2 unspecified atom stereocenters. The summed E-state index contributed by atoms with van der Waals surface area (Å²) in [6.07, 6.45) is 0. The van der Waals surface area contributed by atoms with Gasteiger partial charge < -0.3 is 0 Å². The molecule has 8 heavy (non-hydrogen) atoms. The second-order valence-corrected chi connectivity index (χ2v) is 6.18. The predicted molar refractivity (Wildman–Crippen MR) is 40.2 cm³/mol. The van der Waals surface area contributed by atoms with Crippen molar-refractivity contribution in [2.45, 2.75) is 0 Å². The van der Waals surface area contributed by atoms with Gasteiger partial charge in [-0.25, -0.2) is 4.86 Å². The molecule has 1 N–H and O–H groups in total. The molecule has 0 aromatic carbocycles. The Morgan fingerprint density at radius 2 is 2.25 bits per heavy atom. The minimum atomic E-state index is -0.987. The van der Waals surface area contributed by atoms with E-state index in [1.165, 1.54) is 0 Å². The largest absolute Gasteiger partial charge is 0.214 e. The molecule has 0 aromatic rings. The maximum atomic E-state index is 5.56. The average molecular weight is 207 g/mol. The normalized spacial score (nSPS) is 39.8. The highest BCUT2D eigenvalue weighted by atomic mass is 35.7. The quantitative estimate of drug-likeness (QED) is 0.608. The zero-order valence-corrected chi connectivity index (χ0v) is 7.69. The lowest BCUT2D eigenvalue weighted by Crippen LogP contribution is -1.95. The molecule has 2 atom stereocenters. The third kappa shape index (κ3) is 2.37. The molecule has 1 radical (unpaired) electrons. The van der Waals surface area contributed by atoms with Gasteiger partial charge in [0.2, 0.25) is 7.58 Å². The van der Waals surface area contributed by atoms with Gasteiger partial charge in [-0.3, -0.25) is 0 Å². The van der Waals surface area contributed by atoms with Crippen LogP contribution in [0.2, 0.25) is 0 Å². The SMILES string of the molecule is ClP1[N]P(Cl)NP=N1. The summed E-state index contributed by atoms with van der Waals surface area (Å²) in [4.78, 5) is 6.67. The van der Waals surface area contributed by atoms with E-state index in [4.69, 9.17) is 22.5 Å². The molecule has 1 rings (SSSR count). The Balaban J connectivity index is 2.42. The lowest BCUT2D eigenvalue weighted by molar-refractivity contribution is 1.50. The van der Waals surface area contributed by atoms with Gasteiger partial charge >= 0.3 is 0 Å². The average Bonchev–Trinajstić information content (AvgIpc) is 1.64. The highest BCUT2D eigenvalue weighted by Crippen LogP contribution is 2.57. The number of rotatable bonds is 0. The summed E-state index contributed by atoms with van der Waals surface area (Å²) in [6, 6.07) is 0. The summed E-state index contributed by atoms with van der Waals surface area (Å²) >= 11 is 11.1. The van der Waals surface area contributed by atoms with Crippen LogP contribution in [0.4, 0.5) is 0 Å². The fourth-order valence-electron chi connectivity index (χ4n) is 0.196. The number of hydrogen-bond acceptors (Lipinski definition) is 2. The number of halogens is 2. The molecule has 1 aliphatic rings. The van der Waals surface area contributed by atoms with E-state index in [-0.39, 0.29) is 0 Å². The third-order valence-corrected chi connectivity index (χ3v) is 6.09. The maximum absolute atomic E-state index is 5.56. The van der Waals surface area contributed by atoms with E-state index < -0.39 is 15.2 Å². The monoisotopic (exact) mass is 206 g/mol. The third-order valence-electron chi connectivity index (χ3n) is 0.398. The van der Waals surface area contributed by atoms with Gasteiger partial charge in [-0.15, -0.1) is 4.86 Å². The van der Waals surface area contributed by atoms with Crippen LogP contribution in [0.3, 0.4) is 0 Å². The van der Waals surface area contributed by atoms with Gasteiger partial charge in [0.15, 0.2) is 7.58 Å². The van der Waals surface area contributed by atoms with Crippen molar-refractivity contribution in [2.24, 2.45) is 4.52 Å². The molecule has 0 saturated heterocycles. The van der Waals surface area contributed by atoms with Gasteiger partial charge in [0.25, 0.3) is 0 Å². The van der Waals surface area contributed by atoms with Crippen LogP contribution >= 0.6 is 46.2 Å². The van der Waals surface area contributed by atoms with E-state index in [0.717, 1.165) is 8.52 Å². The van der Waals surface area contributed by atoms with Gasteiger partial charge in [0.1, 0.15) is 8.52 Å². The van der Waals surface area contributed by atoms with Gasteiger partial charge in [-0.05, 0) is 11.2 Å². The van der Waals surface area contributed by atoms with Crippen LogP contribution in [0.25, 0.3) is 0 Å². The molecule has 8 heteroatoms. The first-order chi connectivity index (χ1) is 3.79. The van der Waals surface area contributed by atoms with Crippen molar-refractivity contribution in [3.05, 3.63) is 0 Å². The van der Waals surface area contributed by atoms with E-state index in [0.29, 0.717) is 0 Å². The predicted octanol–water partition coefficient (Wildman–Crippen LogP) is 3.17. The molecule has 0 saturated carbocycles. The van der Waals surface area contributed by atoms with Gasteiger partial charge in [0, 0.05) is 0 Å². The highest BCUT2D eigenvalue weighted by molar-refractivity contribution is 7.97. The van der Waals surface area contributed by atoms with E-state index >= 15 is 0 Å². The topological polar surface area (TPSA) is 38.5 Å². The van der Waals surface area contributed by atoms with Crippen LogP contribution in [-0.4, -0.2) is 0 Å². The lowest BCUT2D eigenvalue weighted by atomic mass is 13.8. The smallest absolute Gasteiger partial charge is 0.205 e. The van der Waals surface area contributed by atoms with Crippen LogP contribution in [0.15, 0.2) is 4.52 Å². The van der Waals surface area contributed by atoms with Crippen molar-refractivity contribution >= 4 is 46.2 Å². The minimum absolute atomic E-state index is 0.762. The van der Waals surface area contributed by atoms with Crippen LogP contribution in [0.5, 0.6) is 0 Å². The molecule has 0 aliphatic carbocycles. The van der Waals surface area contributed by atoms with E-state index in [1.807, 2.05) is 0 Å². The van der Waals surface area contributed by atoms with Gasteiger partial charge in [-0.2, -0.15) is 4.52 Å². The molecule has 0 spiro atoms. The molecule has 0 amide bonds. The van der Waals surface area contributed by atoms with Crippen molar-refractivity contribution in [1.29, 1.82) is 0 Å². The first-order valence-electron chi connectivity index (χ1n) is 1.59. The fraction of sp³-hybridized carbons (Fsp3) is 0. The van der Waals surface area contributed by atoms with Gasteiger partial charge in [-0.1, -0.05) is 11.2 Å². The van der Waals surface area contributed by atoms with Crippen molar-refractivity contribution in [3.63, 3.8) is 0 Å². The summed E-state index contributed by atoms with van der Waals surface area (Å²) in [5.74, 6) is 0. The Morgan fingerprint density at radius 1 is 1.50 bits per heavy atom. The molecular formula is HCl2N3P3. The van der Waals surface area contributed by atoms with Gasteiger partial charge in [0.05, 0.1) is 0 Å². The molecule has 0 aromatic heterocycles. The lowest BCUT2D eigenvalue weighted by Gasteiger charge is -2.11. The number of hydrogen-bond donors (Lipinski definition) is 1. The van der Waals surface area contributed by atoms with E-state index in [9.17, 15) is 0 Å². The number of nitrogens with zero attached hydrogens (tertiary/aromatic N) is 2. The molecule has 0 fully saturated rings. The minimum Gasteiger partial charge on any atom is -0.205 e. The molecule has 3 nitrogen and oxygen atoms in total. The number of nitrogens with one attached hydrogen (secondary N) is 1. The van der Waals surface area contributed by atoms with Crippen LogP contribution in [0.1, 0.15) is 0 Å². The summed E-state index contributed by atoms with van der Waals surface area (Å²) in [5, 5.41) is 0. The highest BCUT2D eigenvalue weighted by Gasteiger charge is 2.15. The molecule has 45 valence electrons. The van der Waals surface area contributed by atoms with Crippen molar-refractivity contribution in [2.75, 3.05) is 0 Å². The zero-order valence-electron chi connectivity index (χ0n) is 3.49. The zero-order chi connectivity index (χ0) is 5.98. The molecule has 1 heterocycles. The molecular weight excluding hydrogens is 206 g/mol. The van der Waals surface area contributed by atoms with Crippen LogP contribution in [0, 0.1) is 0 Å². The summed E-state index contributed by atoms with van der Waals surface area (Å²) in [6.45, 7) is 0. The van der Waals surface area contributed by atoms with Crippen molar-refractivity contribution in [1.82, 2.24) is 9.72 Å². The first kappa shape index (κ1) is 7.57.